The van der Waals surface area contributed by atoms with Gasteiger partial charge in [-0.3, -0.25) is 14.6 Å². The van der Waals surface area contributed by atoms with Crippen molar-refractivity contribution in [2.24, 2.45) is 0 Å². The molecule has 0 bridgehead atoms. The number of likely N-dealkylation sites (N-methyl/N-ethyl adjacent to an activating group) is 1. The van der Waals surface area contributed by atoms with Crippen LogP contribution in [0.4, 0.5) is 4.39 Å². The summed E-state index contributed by atoms with van der Waals surface area (Å²) in [5.74, 6) is 1.42. The fourth-order valence-corrected chi connectivity index (χ4v) is 3.87. The first-order chi connectivity index (χ1) is 15.9. The van der Waals surface area contributed by atoms with Crippen LogP contribution in [0.15, 0.2) is 36.4 Å². The van der Waals surface area contributed by atoms with Gasteiger partial charge in [0.1, 0.15) is 6.61 Å². The fourth-order valence-electron chi connectivity index (χ4n) is 3.87. The van der Waals surface area contributed by atoms with E-state index in [1.54, 1.807) is 32.4 Å². The molecule has 0 spiro atoms. The molecule has 8 heteroatoms. The third-order valence-electron chi connectivity index (χ3n) is 5.93. The topological polar surface area (TPSA) is 54.5 Å². The smallest absolute Gasteiger partial charge is 0.236 e. The number of methoxy groups -OCH3 is 2. The lowest BCUT2D eigenvalue weighted by atomic mass is 10.1. The number of ether oxygens (including phenoxy) is 3. The van der Waals surface area contributed by atoms with E-state index in [4.69, 9.17) is 14.2 Å². The van der Waals surface area contributed by atoms with E-state index >= 15 is 0 Å². The van der Waals surface area contributed by atoms with Gasteiger partial charge in [-0.05, 0) is 49.4 Å². The summed E-state index contributed by atoms with van der Waals surface area (Å²) in [6.45, 7) is 7.09. The standard InChI is InChI=1S/C25H34FN3O4/c1-19-15-23(31-3)24(32-4)16-20(19)17-28-9-11-29(12-10-28)25(30)18-27(2)13-14-33-22-8-6-5-7-21(22)26/h5-8,15-16H,9-14,17-18H2,1-4H3. The maximum absolute atomic E-state index is 13.6. The van der Waals surface area contributed by atoms with E-state index < -0.39 is 0 Å². The van der Waals surface area contributed by atoms with Crippen molar-refractivity contribution in [3.05, 3.63) is 53.3 Å². The van der Waals surface area contributed by atoms with Crippen molar-refractivity contribution in [3.63, 3.8) is 0 Å². The summed E-state index contributed by atoms with van der Waals surface area (Å²) < 4.78 is 29.9. The van der Waals surface area contributed by atoms with Crippen LogP contribution in [0, 0.1) is 12.7 Å². The van der Waals surface area contributed by atoms with Gasteiger partial charge in [-0.25, -0.2) is 4.39 Å². The molecule has 1 aliphatic rings. The zero-order valence-electron chi connectivity index (χ0n) is 20.0. The number of amides is 1. The van der Waals surface area contributed by atoms with E-state index in [1.807, 2.05) is 29.0 Å². The van der Waals surface area contributed by atoms with Crippen molar-refractivity contribution in [1.29, 1.82) is 0 Å². The van der Waals surface area contributed by atoms with Crippen molar-refractivity contribution in [2.75, 3.05) is 67.1 Å². The van der Waals surface area contributed by atoms with Crippen LogP contribution in [0.3, 0.4) is 0 Å². The Bertz CT molecular complexity index is 932. The minimum absolute atomic E-state index is 0.102. The molecule has 0 aromatic heterocycles. The molecular weight excluding hydrogens is 425 g/mol. The molecular formula is C25H34FN3O4. The predicted molar refractivity (Wildman–Crippen MR) is 126 cm³/mol. The van der Waals surface area contributed by atoms with E-state index in [2.05, 4.69) is 11.8 Å². The molecule has 1 heterocycles. The molecule has 0 N–H and O–H groups in total. The number of hydrogen-bond acceptors (Lipinski definition) is 6. The van der Waals surface area contributed by atoms with Crippen molar-refractivity contribution < 1.29 is 23.4 Å². The molecule has 33 heavy (non-hydrogen) atoms. The molecule has 3 rings (SSSR count). The summed E-state index contributed by atoms with van der Waals surface area (Å²) in [7, 11) is 5.16. The number of para-hydroxylation sites is 1. The molecule has 7 nitrogen and oxygen atoms in total. The van der Waals surface area contributed by atoms with Gasteiger partial charge in [0, 0.05) is 39.3 Å². The van der Waals surface area contributed by atoms with Gasteiger partial charge in [0.15, 0.2) is 23.1 Å². The molecule has 1 aliphatic heterocycles. The Morgan fingerprint density at radius 3 is 2.36 bits per heavy atom. The Morgan fingerprint density at radius 1 is 1.03 bits per heavy atom. The van der Waals surface area contributed by atoms with Crippen LogP contribution in [0.1, 0.15) is 11.1 Å². The minimum atomic E-state index is -0.377. The number of aryl methyl sites for hydroxylation is 1. The van der Waals surface area contributed by atoms with Gasteiger partial charge in [0.25, 0.3) is 0 Å². The summed E-state index contributed by atoms with van der Waals surface area (Å²) in [5, 5.41) is 0. The molecule has 2 aromatic carbocycles. The number of carbonyl (C=O) groups is 1. The second-order valence-corrected chi connectivity index (χ2v) is 8.31. The molecule has 1 amide bonds. The Kier molecular flexibility index (Phi) is 8.91. The highest BCUT2D eigenvalue weighted by atomic mass is 19.1. The van der Waals surface area contributed by atoms with Crippen LogP contribution in [-0.4, -0.2) is 87.7 Å². The second-order valence-electron chi connectivity index (χ2n) is 8.31. The number of carbonyl (C=O) groups excluding carboxylic acids is 1. The predicted octanol–water partition coefficient (Wildman–Crippen LogP) is 2.81. The maximum Gasteiger partial charge on any atom is 0.236 e. The third kappa shape index (κ3) is 6.82. The normalized spacial score (nSPS) is 14.4. The van der Waals surface area contributed by atoms with Crippen LogP contribution < -0.4 is 14.2 Å². The molecule has 0 aliphatic carbocycles. The van der Waals surface area contributed by atoms with Crippen molar-refractivity contribution in [3.8, 4) is 17.2 Å². The quantitative estimate of drug-likeness (QED) is 0.545. The van der Waals surface area contributed by atoms with Crippen LogP contribution in [0.25, 0.3) is 0 Å². The highest BCUT2D eigenvalue weighted by Gasteiger charge is 2.22. The molecule has 0 unspecified atom stereocenters. The minimum Gasteiger partial charge on any atom is -0.493 e. The first-order valence-corrected chi connectivity index (χ1v) is 11.2. The highest BCUT2D eigenvalue weighted by Crippen LogP contribution is 2.31. The third-order valence-corrected chi connectivity index (χ3v) is 5.93. The Hall–Kier alpha value is -2.84. The lowest BCUT2D eigenvalue weighted by molar-refractivity contribution is -0.134. The number of hydrogen-bond donors (Lipinski definition) is 0. The molecule has 0 atom stereocenters. The Morgan fingerprint density at radius 2 is 1.70 bits per heavy atom. The zero-order valence-corrected chi connectivity index (χ0v) is 20.0. The van der Waals surface area contributed by atoms with Gasteiger partial charge in [-0.1, -0.05) is 12.1 Å². The number of benzene rings is 2. The van der Waals surface area contributed by atoms with Gasteiger partial charge >= 0.3 is 0 Å². The van der Waals surface area contributed by atoms with E-state index in [9.17, 15) is 9.18 Å². The van der Waals surface area contributed by atoms with Crippen LogP contribution in [-0.2, 0) is 11.3 Å². The summed E-state index contributed by atoms with van der Waals surface area (Å²) >= 11 is 0. The number of nitrogens with zero attached hydrogens (tertiary/aromatic N) is 3. The summed E-state index contributed by atoms with van der Waals surface area (Å²) in [5.41, 5.74) is 2.35. The fraction of sp³-hybridized carbons (Fsp3) is 0.480. The second kappa shape index (κ2) is 11.9. The van der Waals surface area contributed by atoms with Crippen molar-refractivity contribution >= 4 is 5.91 Å². The summed E-state index contributed by atoms with van der Waals surface area (Å²) in [6, 6.07) is 10.4. The van der Waals surface area contributed by atoms with Gasteiger partial charge in [-0.15, -0.1) is 0 Å². The number of rotatable bonds is 10. The number of piperazine rings is 1. The zero-order chi connectivity index (χ0) is 23.8. The van der Waals surface area contributed by atoms with Crippen LogP contribution in [0.5, 0.6) is 17.2 Å². The average molecular weight is 460 g/mol. The average Bonchev–Trinajstić information content (AvgIpc) is 2.81. The number of halogens is 1. The first-order valence-electron chi connectivity index (χ1n) is 11.2. The molecule has 0 radical (unpaired) electrons. The van der Waals surface area contributed by atoms with Gasteiger partial charge in [0.05, 0.1) is 20.8 Å². The largest absolute Gasteiger partial charge is 0.493 e. The lowest BCUT2D eigenvalue weighted by Gasteiger charge is -2.35. The van der Waals surface area contributed by atoms with E-state index in [1.165, 1.54) is 11.6 Å². The monoisotopic (exact) mass is 459 g/mol. The van der Waals surface area contributed by atoms with Gasteiger partial charge in [-0.2, -0.15) is 0 Å². The SMILES string of the molecule is COc1cc(C)c(CN2CCN(C(=O)CN(C)CCOc3ccccc3F)CC2)cc1OC. The van der Waals surface area contributed by atoms with Gasteiger partial charge < -0.3 is 19.1 Å². The Labute approximate surface area is 195 Å². The molecule has 1 fully saturated rings. The van der Waals surface area contributed by atoms with Gasteiger partial charge in [0.2, 0.25) is 5.91 Å². The van der Waals surface area contributed by atoms with Crippen LogP contribution >= 0.6 is 0 Å². The summed E-state index contributed by atoms with van der Waals surface area (Å²) in [4.78, 5) is 18.9. The van der Waals surface area contributed by atoms with Crippen molar-refractivity contribution in [2.45, 2.75) is 13.5 Å². The highest BCUT2D eigenvalue weighted by molar-refractivity contribution is 5.78. The maximum atomic E-state index is 13.6. The van der Waals surface area contributed by atoms with E-state index in [0.717, 1.165) is 36.7 Å². The van der Waals surface area contributed by atoms with E-state index in [0.29, 0.717) is 32.8 Å². The molecule has 1 saturated heterocycles. The van der Waals surface area contributed by atoms with Crippen LogP contribution in [0.2, 0.25) is 0 Å². The first kappa shape index (κ1) is 24.8. The Balaban J connectivity index is 1.42. The lowest BCUT2D eigenvalue weighted by Crippen LogP contribution is -2.50. The molecule has 180 valence electrons. The molecule has 0 saturated carbocycles. The molecule has 2 aromatic rings. The van der Waals surface area contributed by atoms with E-state index in [-0.39, 0.29) is 17.5 Å². The van der Waals surface area contributed by atoms with Crippen molar-refractivity contribution in [1.82, 2.24) is 14.7 Å². The summed E-state index contributed by atoms with van der Waals surface area (Å²) in [6.07, 6.45) is 0.